The molecule has 0 saturated heterocycles. The van der Waals surface area contributed by atoms with E-state index in [0.29, 0.717) is 25.7 Å². The molecule has 0 spiro atoms. The Bertz CT molecular complexity index is 201. The highest BCUT2D eigenvalue weighted by Gasteiger charge is 2.33. The molecule has 0 aromatic heterocycles. The second-order valence-electron chi connectivity index (χ2n) is 4.61. The first kappa shape index (κ1) is 17.8. The maximum absolute atomic E-state index is 9.64. The Morgan fingerprint density at radius 1 is 0.722 bits per heavy atom. The third kappa shape index (κ3) is 6.08. The molecular weight excluding hydrogens is 240 g/mol. The molecular formula is C12H26O6. The van der Waals surface area contributed by atoms with Crippen LogP contribution in [0, 0.1) is 0 Å². The summed E-state index contributed by atoms with van der Waals surface area (Å²) >= 11 is 0. The van der Waals surface area contributed by atoms with Crippen LogP contribution in [0.15, 0.2) is 0 Å². The van der Waals surface area contributed by atoms with Crippen molar-refractivity contribution in [3.05, 3.63) is 0 Å². The fourth-order valence-corrected chi connectivity index (χ4v) is 1.76. The van der Waals surface area contributed by atoms with Gasteiger partial charge in [-0.15, -0.1) is 0 Å². The van der Waals surface area contributed by atoms with Crippen LogP contribution in [0.5, 0.6) is 0 Å². The van der Waals surface area contributed by atoms with Crippen LogP contribution in [0.3, 0.4) is 0 Å². The van der Waals surface area contributed by atoms with Gasteiger partial charge in [-0.2, -0.15) is 0 Å². The SMILES string of the molecule is CCC[C@@H](O)[C@H](O)[C@@H](O)[C@H](O)[C@@H](O)CCCCO. The average molecular weight is 266 g/mol. The van der Waals surface area contributed by atoms with E-state index in [4.69, 9.17) is 5.11 Å². The molecule has 0 amide bonds. The number of hydrogen-bond acceptors (Lipinski definition) is 6. The lowest BCUT2D eigenvalue weighted by Crippen LogP contribution is -2.49. The van der Waals surface area contributed by atoms with Crippen molar-refractivity contribution in [2.45, 2.75) is 69.5 Å². The Morgan fingerprint density at radius 2 is 1.22 bits per heavy atom. The lowest BCUT2D eigenvalue weighted by molar-refractivity contribution is -0.135. The molecule has 6 nitrogen and oxygen atoms in total. The van der Waals surface area contributed by atoms with Crippen molar-refractivity contribution >= 4 is 0 Å². The summed E-state index contributed by atoms with van der Waals surface area (Å²) in [6, 6.07) is 0. The molecule has 110 valence electrons. The van der Waals surface area contributed by atoms with E-state index in [0.717, 1.165) is 0 Å². The zero-order chi connectivity index (χ0) is 14.1. The first-order valence-electron chi connectivity index (χ1n) is 6.46. The van der Waals surface area contributed by atoms with E-state index in [9.17, 15) is 25.5 Å². The van der Waals surface area contributed by atoms with Crippen LogP contribution in [-0.4, -0.2) is 67.8 Å². The molecule has 0 aliphatic carbocycles. The van der Waals surface area contributed by atoms with Gasteiger partial charge in [-0.3, -0.25) is 0 Å². The second kappa shape index (κ2) is 9.66. The summed E-state index contributed by atoms with van der Waals surface area (Å²) in [6.45, 7) is 1.83. The summed E-state index contributed by atoms with van der Waals surface area (Å²) in [5.41, 5.74) is 0. The molecule has 6 heteroatoms. The molecule has 0 saturated carbocycles. The summed E-state index contributed by atoms with van der Waals surface area (Å²) in [5.74, 6) is 0. The fraction of sp³-hybridized carbons (Fsp3) is 1.00. The summed E-state index contributed by atoms with van der Waals surface area (Å²) in [7, 11) is 0. The van der Waals surface area contributed by atoms with Gasteiger partial charge in [0.25, 0.3) is 0 Å². The van der Waals surface area contributed by atoms with E-state index in [1.165, 1.54) is 0 Å². The second-order valence-corrected chi connectivity index (χ2v) is 4.61. The normalized spacial score (nSPS) is 20.2. The molecule has 0 radical (unpaired) electrons. The largest absolute Gasteiger partial charge is 0.396 e. The van der Waals surface area contributed by atoms with Gasteiger partial charge in [0.2, 0.25) is 0 Å². The van der Waals surface area contributed by atoms with Gasteiger partial charge in [0.15, 0.2) is 0 Å². The third-order valence-electron chi connectivity index (χ3n) is 2.98. The van der Waals surface area contributed by atoms with E-state index in [2.05, 4.69) is 0 Å². The molecule has 5 atom stereocenters. The molecule has 0 heterocycles. The van der Waals surface area contributed by atoms with Crippen molar-refractivity contribution in [2.75, 3.05) is 6.61 Å². The summed E-state index contributed by atoms with van der Waals surface area (Å²) in [6.07, 6.45) is -4.70. The Labute approximate surface area is 108 Å². The zero-order valence-electron chi connectivity index (χ0n) is 10.8. The van der Waals surface area contributed by atoms with Crippen LogP contribution in [0.2, 0.25) is 0 Å². The number of hydrogen-bond donors (Lipinski definition) is 6. The molecule has 0 unspecified atom stereocenters. The van der Waals surface area contributed by atoms with E-state index < -0.39 is 30.5 Å². The smallest absolute Gasteiger partial charge is 0.111 e. The van der Waals surface area contributed by atoms with E-state index >= 15 is 0 Å². The van der Waals surface area contributed by atoms with Crippen LogP contribution in [0.4, 0.5) is 0 Å². The minimum absolute atomic E-state index is 0.00318. The van der Waals surface area contributed by atoms with Crippen LogP contribution < -0.4 is 0 Å². The summed E-state index contributed by atoms with van der Waals surface area (Å²) < 4.78 is 0. The Hall–Kier alpha value is -0.240. The lowest BCUT2D eigenvalue weighted by atomic mass is 9.95. The highest BCUT2D eigenvalue weighted by Crippen LogP contribution is 2.14. The highest BCUT2D eigenvalue weighted by atomic mass is 16.4. The van der Waals surface area contributed by atoms with E-state index in [1.807, 2.05) is 6.92 Å². The molecule has 0 aromatic rings. The first-order chi connectivity index (χ1) is 8.45. The topological polar surface area (TPSA) is 121 Å². The third-order valence-corrected chi connectivity index (χ3v) is 2.98. The molecule has 0 rings (SSSR count). The van der Waals surface area contributed by atoms with Gasteiger partial charge < -0.3 is 30.6 Å². The van der Waals surface area contributed by atoms with E-state index in [1.54, 1.807) is 0 Å². The van der Waals surface area contributed by atoms with Crippen molar-refractivity contribution < 1.29 is 30.6 Å². The van der Waals surface area contributed by atoms with Gasteiger partial charge in [0.1, 0.15) is 18.3 Å². The predicted molar refractivity (Wildman–Crippen MR) is 65.9 cm³/mol. The molecule has 0 fully saturated rings. The Balaban J connectivity index is 4.17. The monoisotopic (exact) mass is 266 g/mol. The van der Waals surface area contributed by atoms with Crippen molar-refractivity contribution in [1.29, 1.82) is 0 Å². The number of rotatable bonds is 10. The summed E-state index contributed by atoms with van der Waals surface area (Å²) in [5, 5.41) is 56.5. The molecule has 18 heavy (non-hydrogen) atoms. The van der Waals surface area contributed by atoms with Crippen molar-refractivity contribution in [1.82, 2.24) is 0 Å². The molecule has 0 aliphatic rings. The first-order valence-corrected chi connectivity index (χ1v) is 6.46. The van der Waals surface area contributed by atoms with Gasteiger partial charge in [-0.1, -0.05) is 13.3 Å². The van der Waals surface area contributed by atoms with Gasteiger partial charge in [0, 0.05) is 6.61 Å². The minimum Gasteiger partial charge on any atom is -0.396 e. The number of aliphatic hydroxyl groups is 6. The Morgan fingerprint density at radius 3 is 1.67 bits per heavy atom. The van der Waals surface area contributed by atoms with Gasteiger partial charge in [-0.05, 0) is 25.7 Å². The van der Waals surface area contributed by atoms with E-state index in [-0.39, 0.29) is 13.0 Å². The maximum atomic E-state index is 9.64. The number of aliphatic hydroxyl groups excluding tert-OH is 6. The summed E-state index contributed by atoms with van der Waals surface area (Å²) in [4.78, 5) is 0. The van der Waals surface area contributed by atoms with Gasteiger partial charge >= 0.3 is 0 Å². The highest BCUT2D eigenvalue weighted by molar-refractivity contribution is 4.84. The molecule has 0 aliphatic heterocycles. The molecule has 6 N–H and O–H groups in total. The molecule has 0 bridgehead atoms. The zero-order valence-corrected chi connectivity index (χ0v) is 10.8. The van der Waals surface area contributed by atoms with Gasteiger partial charge in [-0.25, -0.2) is 0 Å². The number of unbranched alkanes of at least 4 members (excludes halogenated alkanes) is 1. The molecule has 0 aromatic carbocycles. The quantitative estimate of drug-likeness (QED) is 0.275. The maximum Gasteiger partial charge on any atom is 0.111 e. The lowest BCUT2D eigenvalue weighted by Gasteiger charge is -2.29. The van der Waals surface area contributed by atoms with Crippen molar-refractivity contribution in [2.24, 2.45) is 0 Å². The fourth-order valence-electron chi connectivity index (χ4n) is 1.76. The van der Waals surface area contributed by atoms with Crippen LogP contribution in [-0.2, 0) is 0 Å². The van der Waals surface area contributed by atoms with Gasteiger partial charge in [0.05, 0.1) is 12.2 Å². The predicted octanol–water partition coefficient (Wildman–Crippen LogP) is -1.25. The average Bonchev–Trinajstić information content (AvgIpc) is 2.36. The Kier molecular flexibility index (Phi) is 9.53. The van der Waals surface area contributed by atoms with Crippen molar-refractivity contribution in [3.8, 4) is 0 Å². The van der Waals surface area contributed by atoms with Crippen molar-refractivity contribution in [3.63, 3.8) is 0 Å². The van der Waals surface area contributed by atoms with Crippen LogP contribution in [0.1, 0.15) is 39.0 Å². The standard InChI is InChI=1S/C12H26O6/c1-2-5-8(14)10(16)12(18)11(17)9(15)6-3-4-7-13/h8-18H,2-7H2,1H3/t8-,9+,10+,11-,12-/m1/s1. The van der Waals surface area contributed by atoms with Crippen LogP contribution in [0.25, 0.3) is 0 Å². The minimum atomic E-state index is -1.59. The van der Waals surface area contributed by atoms with Crippen LogP contribution >= 0.6 is 0 Å².